The number of nitrogens with two attached hydrogens (primary N) is 1. The molecule has 2 atom stereocenters. The molecule has 0 aliphatic heterocycles. The number of nitriles is 1. The number of hydrogen-bond donors (Lipinski definition) is 1. The highest BCUT2D eigenvalue weighted by molar-refractivity contribution is 5.51. The van der Waals surface area contributed by atoms with Crippen LogP contribution >= 0.6 is 0 Å². The highest BCUT2D eigenvalue weighted by atomic mass is 15.3. The van der Waals surface area contributed by atoms with Crippen molar-refractivity contribution in [3.8, 4) is 6.07 Å². The first-order chi connectivity index (χ1) is 7.15. The summed E-state index contributed by atoms with van der Waals surface area (Å²) < 4.78 is 1.85. The van der Waals surface area contributed by atoms with Gasteiger partial charge in [-0.2, -0.15) is 10.4 Å². The zero-order valence-corrected chi connectivity index (χ0v) is 9.20. The van der Waals surface area contributed by atoms with Crippen LogP contribution in [0.3, 0.4) is 0 Å². The molecule has 0 spiro atoms. The summed E-state index contributed by atoms with van der Waals surface area (Å²) in [5, 5.41) is 13.3. The third-order valence-corrected chi connectivity index (χ3v) is 3.36. The molecule has 1 aromatic heterocycles. The number of anilines is 1. The van der Waals surface area contributed by atoms with Gasteiger partial charge in [0.05, 0.1) is 11.7 Å². The van der Waals surface area contributed by atoms with E-state index in [9.17, 15) is 0 Å². The maximum Gasteiger partial charge on any atom is 0.140 e. The molecule has 15 heavy (non-hydrogen) atoms. The zero-order valence-electron chi connectivity index (χ0n) is 9.20. The van der Waals surface area contributed by atoms with E-state index < -0.39 is 0 Å². The van der Waals surface area contributed by atoms with E-state index >= 15 is 0 Å². The van der Waals surface area contributed by atoms with E-state index in [1.165, 1.54) is 12.8 Å². The Morgan fingerprint density at radius 3 is 2.73 bits per heavy atom. The summed E-state index contributed by atoms with van der Waals surface area (Å²) in [6.07, 6.45) is 3.58. The predicted octanol–water partition coefficient (Wildman–Crippen LogP) is 2.01. The maximum absolute atomic E-state index is 8.94. The average Bonchev–Trinajstić information content (AvgIpc) is 2.71. The molecule has 0 bridgehead atoms. The fourth-order valence-electron chi connectivity index (χ4n) is 2.45. The zero-order chi connectivity index (χ0) is 11.0. The number of aromatic nitrogens is 2. The maximum atomic E-state index is 8.94. The number of rotatable bonds is 1. The minimum absolute atomic E-state index is 0.380. The average molecular weight is 204 g/mol. The van der Waals surface area contributed by atoms with E-state index in [-0.39, 0.29) is 0 Å². The van der Waals surface area contributed by atoms with Gasteiger partial charge in [0.1, 0.15) is 17.5 Å². The Hall–Kier alpha value is -1.50. The van der Waals surface area contributed by atoms with Crippen molar-refractivity contribution in [2.24, 2.45) is 5.92 Å². The standard InChI is InChI=1S/C11H16N4/c1-7-4-3-5-10(7)15-11(13)9(6-12)8(2)14-15/h7,10H,3-5,13H2,1-2H3. The smallest absolute Gasteiger partial charge is 0.140 e. The van der Waals surface area contributed by atoms with Crippen LogP contribution in [0.2, 0.25) is 0 Å². The van der Waals surface area contributed by atoms with Gasteiger partial charge in [-0.15, -0.1) is 0 Å². The van der Waals surface area contributed by atoms with Crippen LogP contribution in [0, 0.1) is 24.2 Å². The Morgan fingerprint density at radius 2 is 2.27 bits per heavy atom. The van der Waals surface area contributed by atoms with Crippen molar-refractivity contribution >= 4 is 5.82 Å². The summed E-state index contributed by atoms with van der Waals surface area (Å²) in [4.78, 5) is 0. The van der Waals surface area contributed by atoms with Gasteiger partial charge in [-0.05, 0) is 25.7 Å². The Morgan fingerprint density at radius 1 is 1.53 bits per heavy atom. The molecule has 2 rings (SSSR count). The molecule has 0 radical (unpaired) electrons. The molecule has 2 N–H and O–H groups in total. The van der Waals surface area contributed by atoms with Crippen molar-refractivity contribution in [1.29, 1.82) is 5.26 Å². The highest BCUT2D eigenvalue weighted by Gasteiger charge is 2.28. The molecule has 1 heterocycles. The molecule has 0 aromatic carbocycles. The van der Waals surface area contributed by atoms with E-state index in [2.05, 4.69) is 18.1 Å². The summed E-state index contributed by atoms with van der Waals surface area (Å²) in [7, 11) is 0. The van der Waals surface area contributed by atoms with Gasteiger partial charge in [0, 0.05) is 0 Å². The van der Waals surface area contributed by atoms with E-state index in [4.69, 9.17) is 11.0 Å². The van der Waals surface area contributed by atoms with Crippen LogP contribution in [-0.2, 0) is 0 Å². The van der Waals surface area contributed by atoms with Gasteiger partial charge in [0.25, 0.3) is 0 Å². The van der Waals surface area contributed by atoms with Gasteiger partial charge in [-0.1, -0.05) is 13.3 Å². The van der Waals surface area contributed by atoms with E-state index in [0.29, 0.717) is 23.3 Å². The molecule has 4 nitrogen and oxygen atoms in total. The number of aryl methyl sites for hydroxylation is 1. The minimum Gasteiger partial charge on any atom is -0.383 e. The first-order valence-corrected chi connectivity index (χ1v) is 5.39. The van der Waals surface area contributed by atoms with Gasteiger partial charge in [0.2, 0.25) is 0 Å². The van der Waals surface area contributed by atoms with Crippen molar-refractivity contribution in [3.63, 3.8) is 0 Å². The van der Waals surface area contributed by atoms with Crippen molar-refractivity contribution in [3.05, 3.63) is 11.3 Å². The molecule has 1 aliphatic carbocycles. The Balaban J connectivity index is 2.41. The van der Waals surface area contributed by atoms with Crippen LogP contribution < -0.4 is 5.73 Å². The second-order valence-corrected chi connectivity index (χ2v) is 4.38. The highest BCUT2D eigenvalue weighted by Crippen LogP contribution is 2.37. The van der Waals surface area contributed by atoms with Crippen molar-refractivity contribution in [2.75, 3.05) is 5.73 Å². The third kappa shape index (κ3) is 1.48. The molecule has 1 fully saturated rings. The Bertz CT molecular complexity index is 413. The lowest BCUT2D eigenvalue weighted by Crippen LogP contribution is -2.15. The minimum atomic E-state index is 0.380. The van der Waals surface area contributed by atoms with Gasteiger partial charge < -0.3 is 5.73 Å². The number of nitrogens with zero attached hydrogens (tertiary/aromatic N) is 3. The molecule has 1 aliphatic rings. The third-order valence-electron chi connectivity index (χ3n) is 3.36. The number of nitrogen functional groups attached to an aromatic ring is 1. The number of hydrogen-bond acceptors (Lipinski definition) is 3. The molecular formula is C11H16N4. The first-order valence-electron chi connectivity index (χ1n) is 5.39. The lowest BCUT2D eigenvalue weighted by Gasteiger charge is -2.17. The molecule has 1 saturated carbocycles. The Labute approximate surface area is 89.7 Å². The van der Waals surface area contributed by atoms with Crippen molar-refractivity contribution in [2.45, 2.75) is 39.2 Å². The summed E-state index contributed by atoms with van der Waals surface area (Å²) in [6, 6.07) is 2.49. The van der Waals surface area contributed by atoms with E-state index in [1.807, 2.05) is 11.6 Å². The van der Waals surface area contributed by atoms with Gasteiger partial charge in [-0.3, -0.25) is 0 Å². The van der Waals surface area contributed by atoms with Gasteiger partial charge in [-0.25, -0.2) is 4.68 Å². The summed E-state index contributed by atoms with van der Waals surface area (Å²) in [6.45, 7) is 4.06. The monoisotopic (exact) mass is 204 g/mol. The SMILES string of the molecule is Cc1nn(C2CCCC2C)c(N)c1C#N. The summed E-state index contributed by atoms with van der Waals surface area (Å²) in [5.74, 6) is 1.15. The topological polar surface area (TPSA) is 67.6 Å². The van der Waals surface area contributed by atoms with Crippen LogP contribution in [0.15, 0.2) is 0 Å². The van der Waals surface area contributed by atoms with Crippen LogP contribution in [0.4, 0.5) is 5.82 Å². The molecule has 0 saturated heterocycles. The fourth-order valence-corrected chi connectivity index (χ4v) is 2.45. The molecule has 1 aromatic rings. The lowest BCUT2D eigenvalue weighted by atomic mass is 10.1. The van der Waals surface area contributed by atoms with Crippen LogP contribution in [0.5, 0.6) is 0 Å². The molecular weight excluding hydrogens is 188 g/mol. The largest absolute Gasteiger partial charge is 0.383 e. The van der Waals surface area contributed by atoms with Crippen molar-refractivity contribution in [1.82, 2.24) is 9.78 Å². The van der Waals surface area contributed by atoms with E-state index in [1.54, 1.807) is 0 Å². The molecule has 80 valence electrons. The van der Waals surface area contributed by atoms with Crippen LogP contribution in [0.25, 0.3) is 0 Å². The second-order valence-electron chi connectivity index (χ2n) is 4.38. The van der Waals surface area contributed by atoms with Gasteiger partial charge >= 0.3 is 0 Å². The molecule has 0 amide bonds. The quantitative estimate of drug-likeness (QED) is 0.760. The Kier molecular flexibility index (Phi) is 2.39. The normalized spacial score (nSPS) is 25.4. The van der Waals surface area contributed by atoms with Crippen LogP contribution in [-0.4, -0.2) is 9.78 Å². The van der Waals surface area contributed by atoms with Crippen molar-refractivity contribution < 1.29 is 0 Å². The predicted molar refractivity (Wildman–Crippen MR) is 58.1 cm³/mol. The summed E-state index contributed by atoms with van der Waals surface area (Å²) >= 11 is 0. The fraction of sp³-hybridized carbons (Fsp3) is 0.636. The van der Waals surface area contributed by atoms with Crippen LogP contribution in [0.1, 0.15) is 43.5 Å². The first kappa shape index (κ1) is 10.0. The second kappa shape index (κ2) is 3.58. The lowest BCUT2D eigenvalue weighted by molar-refractivity contribution is 0.378. The summed E-state index contributed by atoms with van der Waals surface area (Å²) in [5.41, 5.74) is 7.22. The molecule has 4 heteroatoms. The molecule has 2 unspecified atom stereocenters. The van der Waals surface area contributed by atoms with E-state index in [0.717, 1.165) is 12.1 Å². The van der Waals surface area contributed by atoms with Gasteiger partial charge in [0.15, 0.2) is 0 Å².